The third kappa shape index (κ3) is 2.31. The highest BCUT2D eigenvalue weighted by atomic mass is 16.5. The monoisotopic (exact) mass is 217 g/mol. The summed E-state index contributed by atoms with van der Waals surface area (Å²) in [4.78, 5) is 4.45. The number of hydrogen-bond donors (Lipinski definition) is 1. The average Bonchev–Trinajstić information content (AvgIpc) is 2.26. The Morgan fingerprint density at radius 2 is 2.12 bits per heavy atom. The molecule has 3 heteroatoms. The molecule has 1 unspecified atom stereocenters. The van der Waals surface area contributed by atoms with Crippen LogP contribution >= 0.6 is 0 Å². The molecule has 3 nitrogen and oxygen atoms in total. The van der Waals surface area contributed by atoms with Crippen molar-refractivity contribution in [3.63, 3.8) is 0 Å². The Labute approximate surface area is 94.7 Å². The van der Waals surface area contributed by atoms with Crippen LogP contribution in [0.1, 0.15) is 12.6 Å². The Bertz CT molecular complexity index is 494. The van der Waals surface area contributed by atoms with Crippen molar-refractivity contribution in [1.29, 1.82) is 0 Å². The van der Waals surface area contributed by atoms with Crippen molar-refractivity contribution in [3.8, 4) is 5.75 Å². The SMILES string of the molecule is Cc1ccc2cccc(OCC(C)O)c2n1. The standard InChI is InChI=1S/C13H15NO2/c1-9-6-7-11-4-3-5-12(13(11)14-9)16-8-10(2)15/h3-7,10,15H,8H2,1-2H3. The summed E-state index contributed by atoms with van der Waals surface area (Å²) in [5.74, 6) is 0.724. The van der Waals surface area contributed by atoms with Crippen molar-refractivity contribution in [2.75, 3.05) is 6.61 Å². The number of pyridine rings is 1. The van der Waals surface area contributed by atoms with E-state index in [4.69, 9.17) is 4.74 Å². The quantitative estimate of drug-likeness (QED) is 0.857. The van der Waals surface area contributed by atoms with Crippen LogP contribution in [0.25, 0.3) is 10.9 Å². The highest BCUT2D eigenvalue weighted by Gasteiger charge is 2.04. The predicted octanol–water partition coefficient (Wildman–Crippen LogP) is 2.30. The Morgan fingerprint density at radius 1 is 1.31 bits per heavy atom. The van der Waals surface area contributed by atoms with Gasteiger partial charge in [0, 0.05) is 11.1 Å². The van der Waals surface area contributed by atoms with Crippen LogP contribution in [0.3, 0.4) is 0 Å². The molecule has 1 aromatic carbocycles. The van der Waals surface area contributed by atoms with E-state index in [2.05, 4.69) is 4.98 Å². The molecule has 0 saturated carbocycles. The number of fused-ring (bicyclic) bond motifs is 1. The van der Waals surface area contributed by atoms with Crippen LogP contribution in [0.2, 0.25) is 0 Å². The number of ether oxygens (including phenoxy) is 1. The number of aliphatic hydroxyl groups is 1. The molecule has 0 bridgehead atoms. The minimum atomic E-state index is -0.472. The summed E-state index contributed by atoms with van der Waals surface area (Å²) in [7, 11) is 0. The summed E-state index contributed by atoms with van der Waals surface area (Å²) in [5.41, 5.74) is 1.81. The summed E-state index contributed by atoms with van der Waals surface area (Å²) in [6, 6.07) is 9.79. The molecule has 0 radical (unpaired) electrons. The van der Waals surface area contributed by atoms with Crippen LogP contribution in [-0.2, 0) is 0 Å². The van der Waals surface area contributed by atoms with Gasteiger partial charge in [-0.2, -0.15) is 0 Å². The first-order valence-electron chi connectivity index (χ1n) is 5.34. The van der Waals surface area contributed by atoms with Crippen molar-refractivity contribution < 1.29 is 9.84 Å². The fraction of sp³-hybridized carbons (Fsp3) is 0.308. The average molecular weight is 217 g/mol. The molecule has 0 aliphatic carbocycles. The van der Waals surface area contributed by atoms with Gasteiger partial charge in [-0.15, -0.1) is 0 Å². The molecule has 0 spiro atoms. The molecule has 84 valence electrons. The zero-order valence-electron chi connectivity index (χ0n) is 9.47. The number of aromatic nitrogens is 1. The summed E-state index contributed by atoms with van der Waals surface area (Å²) >= 11 is 0. The maximum atomic E-state index is 9.19. The van der Waals surface area contributed by atoms with Crippen LogP contribution in [-0.4, -0.2) is 22.8 Å². The molecule has 2 aromatic rings. The maximum absolute atomic E-state index is 9.19. The van der Waals surface area contributed by atoms with Crippen molar-refractivity contribution in [2.24, 2.45) is 0 Å². The first kappa shape index (κ1) is 10.9. The Morgan fingerprint density at radius 3 is 2.88 bits per heavy atom. The van der Waals surface area contributed by atoms with E-state index >= 15 is 0 Å². The molecular formula is C13H15NO2. The summed E-state index contributed by atoms with van der Waals surface area (Å²) in [6.07, 6.45) is -0.472. The molecule has 16 heavy (non-hydrogen) atoms. The zero-order valence-corrected chi connectivity index (χ0v) is 9.47. The van der Waals surface area contributed by atoms with Crippen LogP contribution in [0.5, 0.6) is 5.75 Å². The number of nitrogens with zero attached hydrogens (tertiary/aromatic N) is 1. The molecule has 1 atom stereocenters. The number of hydrogen-bond acceptors (Lipinski definition) is 3. The molecule has 0 fully saturated rings. The van der Waals surface area contributed by atoms with Crippen molar-refractivity contribution >= 4 is 10.9 Å². The second-order valence-electron chi connectivity index (χ2n) is 3.94. The first-order chi connectivity index (χ1) is 7.66. The smallest absolute Gasteiger partial charge is 0.145 e. The first-order valence-corrected chi connectivity index (χ1v) is 5.34. The lowest BCUT2D eigenvalue weighted by atomic mass is 10.2. The van der Waals surface area contributed by atoms with Gasteiger partial charge in [0.1, 0.15) is 17.9 Å². The lowest BCUT2D eigenvalue weighted by Gasteiger charge is -2.10. The van der Waals surface area contributed by atoms with E-state index in [1.165, 1.54) is 0 Å². The van der Waals surface area contributed by atoms with Gasteiger partial charge in [0.25, 0.3) is 0 Å². The Kier molecular flexibility index (Phi) is 3.06. The third-order valence-corrected chi connectivity index (χ3v) is 2.30. The lowest BCUT2D eigenvalue weighted by Crippen LogP contribution is -2.13. The van der Waals surface area contributed by atoms with E-state index in [1.807, 2.05) is 37.3 Å². The second kappa shape index (κ2) is 4.49. The van der Waals surface area contributed by atoms with Gasteiger partial charge in [0.15, 0.2) is 0 Å². The van der Waals surface area contributed by atoms with Gasteiger partial charge in [0.2, 0.25) is 0 Å². The van der Waals surface area contributed by atoms with E-state index in [1.54, 1.807) is 6.92 Å². The number of benzene rings is 1. The van der Waals surface area contributed by atoms with Gasteiger partial charge < -0.3 is 9.84 Å². The van der Waals surface area contributed by atoms with E-state index in [9.17, 15) is 5.11 Å². The molecule has 0 saturated heterocycles. The fourth-order valence-electron chi connectivity index (χ4n) is 1.54. The van der Waals surface area contributed by atoms with Gasteiger partial charge >= 0.3 is 0 Å². The van der Waals surface area contributed by atoms with Crippen LogP contribution in [0.15, 0.2) is 30.3 Å². The third-order valence-electron chi connectivity index (χ3n) is 2.30. The minimum Gasteiger partial charge on any atom is -0.489 e. The number of aliphatic hydroxyl groups excluding tert-OH is 1. The van der Waals surface area contributed by atoms with Crippen LogP contribution in [0.4, 0.5) is 0 Å². The Hall–Kier alpha value is -1.61. The van der Waals surface area contributed by atoms with Crippen molar-refractivity contribution in [3.05, 3.63) is 36.0 Å². The molecule has 2 rings (SSSR count). The largest absolute Gasteiger partial charge is 0.489 e. The van der Waals surface area contributed by atoms with E-state index in [-0.39, 0.29) is 6.61 Å². The predicted molar refractivity (Wildman–Crippen MR) is 63.7 cm³/mol. The minimum absolute atomic E-state index is 0.286. The fourth-order valence-corrected chi connectivity index (χ4v) is 1.54. The number of aryl methyl sites for hydroxylation is 1. The van der Waals surface area contributed by atoms with Gasteiger partial charge in [-0.3, -0.25) is 0 Å². The molecule has 0 amide bonds. The summed E-state index contributed by atoms with van der Waals surface area (Å²) < 4.78 is 5.52. The molecule has 0 aliphatic rings. The topological polar surface area (TPSA) is 42.4 Å². The normalized spacial score (nSPS) is 12.7. The molecule has 1 N–H and O–H groups in total. The van der Waals surface area contributed by atoms with Crippen molar-refractivity contribution in [2.45, 2.75) is 20.0 Å². The van der Waals surface area contributed by atoms with Gasteiger partial charge in [-0.1, -0.05) is 18.2 Å². The lowest BCUT2D eigenvalue weighted by molar-refractivity contribution is 0.123. The van der Waals surface area contributed by atoms with E-state index < -0.39 is 6.10 Å². The number of rotatable bonds is 3. The van der Waals surface area contributed by atoms with Gasteiger partial charge in [0.05, 0.1) is 6.10 Å². The highest BCUT2D eigenvalue weighted by molar-refractivity contribution is 5.84. The second-order valence-corrected chi connectivity index (χ2v) is 3.94. The molecule has 1 aromatic heterocycles. The summed E-state index contributed by atoms with van der Waals surface area (Å²) in [6.45, 7) is 3.93. The maximum Gasteiger partial charge on any atom is 0.145 e. The summed E-state index contributed by atoms with van der Waals surface area (Å²) in [5, 5.41) is 10.2. The molecule has 0 aliphatic heterocycles. The molecular weight excluding hydrogens is 202 g/mol. The highest BCUT2D eigenvalue weighted by Crippen LogP contribution is 2.23. The van der Waals surface area contributed by atoms with Crippen LogP contribution < -0.4 is 4.74 Å². The van der Waals surface area contributed by atoms with Crippen LogP contribution in [0, 0.1) is 6.92 Å². The molecule has 1 heterocycles. The van der Waals surface area contributed by atoms with E-state index in [0.717, 1.165) is 22.3 Å². The number of para-hydroxylation sites is 1. The van der Waals surface area contributed by atoms with Gasteiger partial charge in [-0.25, -0.2) is 4.98 Å². The zero-order chi connectivity index (χ0) is 11.5. The van der Waals surface area contributed by atoms with E-state index in [0.29, 0.717) is 0 Å². The Balaban J connectivity index is 2.40. The van der Waals surface area contributed by atoms with Gasteiger partial charge in [-0.05, 0) is 26.0 Å². The van der Waals surface area contributed by atoms with Crippen molar-refractivity contribution in [1.82, 2.24) is 4.98 Å².